The van der Waals surface area contributed by atoms with Crippen LogP contribution in [0.1, 0.15) is 5.56 Å². The molecule has 1 aromatic carbocycles. The van der Waals surface area contributed by atoms with Crippen molar-refractivity contribution in [1.82, 2.24) is 20.2 Å². The third-order valence-electron chi connectivity index (χ3n) is 2.77. The average molecular weight is 276 g/mol. The number of nitrogens with two attached hydrogens (primary N) is 1. The summed E-state index contributed by atoms with van der Waals surface area (Å²) in [4.78, 5) is 8.03. The lowest BCUT2D eigenvalue weighted by molar-refractivity contribution is 0.507. The highest BCUT2D eigenvalue weighted by Crippen LogP contribution is 2.19. The van der Waals surface area contributed by atoms with E-state index in [1.807, 2.05) is 0 Å². The molecular formula is C12H10F2N6. The van der Waals surface area contributed by atoms with Gasteiger partial charge in [0.25, 0.3) is 0 Å². The molecule has 0 radical (unpaired) electrons. The quantitative estimate of drug-likeness (QED) is 0.678. The predicted molar refractivity (Wildman–Crippen MR) is 69.8 cm³/mol. The molecule has 20 heavy (non-hydrogen) atoms. The fraction of sp³-hybridized carbons (Fsp3) is 0.0833. The molecule has 0 fully saturated rings. The second-order valence-corrected chi connectivity index (χ2v) is 4.16. The number of hydrogen-bond acceptors (Lipinski definition) is 5. The Morgan fingerprint density at radius 1 is 1.20 bits per heavy atom. The van der Waals surface area contributed by atoms with Crippen LogP contribution >= 0.6 is 0 Å². The number of halogens is 2. The molecule has 0 spiro atoms. The first kappa shape index (κ1) is 12.3. The van der Waals surface area contributed by atoms with Crippen LogP contribution < -0.4 is 11.1 Å². The molecule has 0 unspecified atom stereocenters. The lowest BCUT2D eigenvalue weighted by atomic mass is 10.2. The number of nitrogens with zero attached hydrogens (tertiary/aromatic N) is 3. The fourth-order valence-electron chi connectivity index (χ4n) is 1.82. The lowest BCUT2D eigenvalue weighted by Crippen LogP contribution is -2.05. The van der Waals surface area contributed by atoms with Crippen LogP contribution in [-0.4, -0.2) is 20.2 Å². The minimum atomic E-state index is -0.889. The van der Waals surface area contributed by atoms with E-state index in [1.165, 1.54) is 6.07 Å². The monoisotopic (exact) mass is 276 g/mol. The van der Waals surface area contributed by atoms with Crippen molar-refractivity contribution in [3.63, 3.8) is 0 Å². The number of aromatic nitrogens is 4. The van der Waals surface area contributed by atoms with E-state index in [4.69, 9.17) is 5.73 Å². The van der Waals surface area contributed by atoms with Crippen LogP contribution in [0.5, 0.6) is 0 Å². The Hall–Kier alpha value is -2.77. The number of nitrogens with one attached hydrogen (secondary N) is 2. The summed E-state index contributed by atoms with van der Waals surface area (Å²) in [7, 11) is 0. The van der Waals surface area contributed by atoms with E-state index in [0.29, 0.717) is 22.4 Å². The number of benzene rings is 1. The van der Waals surface area contributed by atoms with E-state index in [-0.39, 0.29) is 12.5 Å². The third-order valence-corrected chi connectivity index (χ3v) is 2.77. The van der Waals surface area contributed by atoms with Gasteiger partial charge in [0.15, 0.2) is 17.3 Å². The normalized spacial score (nSPS) is 10.9. The second kappa shape index (κ2) is 4.72. The summed E-state index contributed by atoms with van der Waals surface area (Å²) in [5.41, 5.74) is 6.66. The predicted octanol–water partition coefficient (Wildman–Crippen LogP) is 1.83. The van der Waals surface area contributed by atoms with Crippen LogP contribution in [-0.2, 0) is 6.54 Å². The van der Waals surface area contributed by atoms with Crippen molar-refractivity contribution in [2.75, 3.05) is 11.1 Å². The Kier molecular flexibility index (Phi) is 2.90. The summed E-state index contributed by atoms with van der Waals surface area (Å²) in [5.74, 6) is -1.20. The third kappa shape index (κ3) is 2.22. The molecule has 0 amide bonds. The van der Waals surface area contributed by atoms with Crippen molar-refractivity contribution >= 4 is 22.8 Å². The van der Waals surface area contributed by atoms with Gasteiger partial charge in [-0.25, -0.2) is 8.78 Å². The molecule has 6 nitrogen and oxygen atoms in total. The molecule has 0 saturated carbocycles. The maximum Gasteiger partial charge on any atom is 0.224 e. The van der Waals surface area contributed by atoms with Gasteiger partial charge in [-0.05, 0) is 17.7 Å². The van der Waals surface area contributed by atoms with Gasteiger partial charge in [-0.2, -0.15) is 15.1 Å². The molecule has 0 bridgehead atoms. The molecule has 2 aromatic heterocycles. The van der Waals surface area contributed by atoms with Crippen LogP contribution in [0.3, 0.4) is 0 Å². The van der Waals surface area contributed by atoms with Crippen molar-refractivity contribution in [3.05, 3.63) is 41.6 Å². The maximum absolute atomic E-state index is 13.1. The highest BCUT2D eigenvalue weighted by molar-refractivity contribution is 5.86. The molecule has 3 aromatic rings. The smallest absolute Gasteiger partial charge is 0.224 e. The van der Waals surface area contributed by atoms with Crippen LogP contribution in [0.15, 0.2) is 24.4 Å². The summed E-state index contributed by atoms with van der Waals surface area (Å²) >= 11 is 0. The van der Waals surface area contributed by atoms with Gasteiger partial charge >= 0.3 is 0 Å². The number of hydrogen-bond donors (Lipinski definition) is 3. The van der Waals surface area contributed by atoms with Gasteiger partial charge in [0, 0.05) is 6.54 Å². The molecule has 0 aliphatic heterocycles. The molecule has 8 heteroatoms. The summed E-state index contributed by atoms with van der Waals surface area (Å²) in [6.45, 7) is 0.272. The van der Waals surface area contributed by atoms with Crippen molar-refractivity contribution in [2.45, 2.75) is 6.54 Å². The number of H-pyrrole nitrogens is 1. The zero-order valence-corrected chi connectivity index (χ0v) is 10.2. The zero-order chi connectivity index (χ0) is 14.1. The summed E-state index contributed by atoms with van der Waals surface area (Å²) < 4.78 is 25.9. The van der Waals surface area contributed by atoms with Gasteiger partial charge in [-0.3, -0.25) is 5.10 Å². The fourth-order valence-corrected chi connectivity index (χ4v) is 1.82. The number of fused-ring (bicyclic) bond motifs is 1. The van der Waals surface area contributed by atoms with E-state index >= 15 is 0 Å². The van der Waals surface area contributed by atoms with Crippen molar-refractivity contribution < 1.29 is 8.78 Å². The molecule has 2 heterocycles. The van der Waals surface area contributed by atoms with Gasteiger partial charge < -0.3 is 11.1 Å². The number of aromatic amines is 1. The van der Waals surface area contributed by atoms with Gasteiger partial charge in [0.2, 0.25) is 5.95 Å². The second-order valence-electron chi connectivity index (χ2n) is 4.16. The van der Waals surface area contributed by atoms with Crippen LogP contribution in [0.4, 0.5) is 20.5 Å². The Bertz CT molecular complexity index is 770. The molecule has 0 aliphatic carbocycles. The van der Waals surface area contributed by atoms with E-state index in [0.717, 1.165) is 12.1 Å². The molecule has 0 saturated heterocycles. The summed E-state index contributed by atoms with van der Waals surface area (Å²) in [5, 5.41) is 10.2. The lowest BCUT2D eigenvalue weighted by Gasteiger charge is -2.07. The Morgan fingerprint density at radius 3 is 2.85 bits per heavy atom. The highest BCUT2D eigenvalue weighted by Gasteiger charge is 2.08. The highest BCUT2D eigenvalue weighted by atomic mass is 19.2. The van der Waals surface area contributed by atoms with Crippen molar-refractivity contribution in [1.29, 1.82) is 0 Å². The molecule has 0 atom stereocenters. The van der Waals surface area contributed by atoms with E-state index < -0.39 is 11.6 Å². The molecular weight excluding hydrogens is 266 g/mol. The number of anilines is 2. The number of nitrogen functional groups attached to an aromatic ring is 1. The average Bonchev–Trinajstić information content (AvgIpc) is 2.88. The van der Waals surface area contributed by atoms with Gasteiger partial charge in [-0.1, -0.05) is 6.07 Å². The standard InChI is InChI=1S/C12H10F2N6/c13-8-2-1-6(3-9(8)14)4-16-10-7-5-17-20-11(7)19-12(15)18-10/h1-3,5H,4H2,(H4,15,16,17,18,19,20). The van der Waals surface area contributed by atoms with E-state index in [9.17, 15) is 8.78 Å². The van der Waals surface area contributed by atoms with E-state index in [2.05, 4.69) is 25.5 Å². The van der Waals surface area contributed by atoms with Crippen LogP contribution in [0, 0.1) is 11.6 Å². The Labute approximate surface area is 112 Å². The van der Waals surface area contributed by atoms with Crippen LogP contribution in [0.25, 0.3) is 11.0 Å². The van der Waals surface area contributed by atoms with E-state index in [1.54, 1.807) is 6.20 Å². The van der Waals surface area contributed by atoms with Crippen LogP contribution in [0.2, 0.25) is 0 Å². The molecule has 4 N–H and O–H groups in total. The Balaban J connectivity index is 1.86. The van der Waals surface area contributed by atoms with Gasteiger partial charge in [0.1, 0.15) is 5.82 Å². The minimum absolute atomic E-state index is 0.0922. The first-order chi connectivity index (χ1) is 9.63. The molecule has 0 aliphatic rings. The summed E-state index contributed by atoms with van der Waals surface area (Å²) in [6.07, 6.45) is 1.56. The van der Waals surface area contributed by atoms with Gasteiger partial charge in [-0.15, -0.1) is 0 Å². The number of rotatable bonds is 3. The van der Waals surface area contributed by atoms with Crippen molar-refractivity contribution in [2.24, 2.45) is 0 Å². The minimum Gasteiger partial charge on any atom is -0.368 e. The Morgan fingerprint density at radius 2 is 2.05 bits per heavy atom. The molecule has 102 valence electrons. The zero-order valence-electron chi connectivity index (χ0n) is 10.2. The SMILES string of the molecule is Nc1nc(NCc2ccc(F)c(F)c2)c2cn[nH]c2n1. The maximum atomic E-state index is 13.1. The summed E-state index contributed by atoms with van der Waals surface area (Å²) in [6, 6.07) is 3.69. The largest absolute Gasteiger partial charge is 0.368 e. The molecule has 3 rings (SSSR count). The topological polar surface area (TPSA) is 92.5 Å². The van der Waals surface area contributed by atoms with Gasteiger partial charge in [0.05, 0.1) is 11.6 Å². The first-order valence-electron chi connectivity index (χ1n) is 5.78. The van der Waals surface area contributed by atoms with Crippen molar-refractivity contribution in [3.8, 4) is 0 Å². The first-order valence-corrected chi connectivity index (χ1v) is 5.78.